The second-order valence-corrected chi connectivity index (χ2v) is 15.7. The second kappa shape index (κ2) is 16.5. The van der Waals surface area contributed by atoms with Crippen LogP contribution in [0.3, 0.4) is 0 Å². The zero-order valence-electron chi connectivity index (χ0n) is 29.8. The van der Waals surface area contributed by atoms with E-state index in [0.717, 1.165) is 32.1 Å². The van der Waals surface area contributed by atoms with Crippen LogP contribution in [0.1, 0.15) is 81.6 Å². The number of hydrogen-bond acceptors (Lipinski definition) is 7. The highest BCUT2D eigenvalue weighted by atomic mass is 79.9. The van der Waals surface area contributed by atoms with Crippen molar-refractivity contribution in [2.75, 3.05) is 13.2 Å². The Hall–Kier alpha value is -3.80. The Bertz CT molecular complexity index is 1620. The number of amides is 3. The Kier molecular flexibility index (Phi) is 12.0. The molecular formula is C41H50BrN3O7. The number of ether oxygens (including phenoxy) is 2. The number of carbonyl (C=O) groups excluding carboxylic acids is 4. The van der Waals surface area contributed by atoms with E-state index in [2.05, 4.69) is 34.4 Å². The van der Waals surface area contributed by atoms with Crippen LogP contribution in [0.4, 0.5) is 0 Å². The van der Waals surface area contributed by atoms with Crippen molar-refractivity contribution in [1.29, 1.82) is 0 Å². The van der Waals surface area contributed by atoms with Gasteiger partial charge < -0.3 is 29.7 Å². The van der Waals surface area contributed by atoms with Gasteiger partial charge in [-0.15, -0.1) is 13.2 Å². The van der Waals surface area contributed by atoms with E-state index in [0.29, 0.717) is 30.5 Å². The molecule has 9 atom stereocenters. The van der Waals surface area contributed by atoms with Crippen molar-refractivity contribution in [1.82, 2.24) is 15.1 Å². The molecule has 0 radical (unpaired) electrons. The lowest BCUT2D eigenvalue weighted by Gasteiger charge is -2.42. The maximum absolute atomic E-state index is 15.1. The summed E-state index contributed by atoms with van der Waals surface area (Å²) in [5.74, 6) is -3.60. The summed E-state index contributed by atoms with van der Waals surface area (Å²) in [6, 6.07) is 15.8. The van der Waals surface area contributed by atoms with Crippen LogP contribution >= 0.6 is 15.9 Å². The molecule has 1 saturated carbocycles. The molecule has 2 aromatic rings. The first-order chi connectivity index (χ1) is 25.2. The number of halogens is 1. The van der Waals surface area contributed by atoms with Gasteiger partial charge in [-0.2, -0.15) is 0 Å². The molecule has 3 amide bonds. The van der Waals surface area contributed by atoms with Gasteiger partial charge >= 0.3 is 5.97 Å². The molecule has 11 heteroatoms. The first kappa shape index (κ1) is 37.9. The molecule has 1 spiro atoms. The van der Waals surface area contributed by atoms with Gasteiger partial charge in [0.05, 0.1) is 36.6 Å². The van der Waals surface area contributed by atoms with Crippen LogP contribution in [-0.4, -0.2) is 86.4 Å². The summed E-state index contributed by atoms with van der Waals surface area (Å²) in [5.41, 5.74) is 0.0142. The maximum atomic E-state index is 15.1. The minimum absolute atomic E-state index is 0.0232. The van der Waals surface area contributed by atoms with Gasteiger partial charge in [0, 0.05) is 23.8 Å². The van der Waals surface area contributed by atoms with Crippen molar-refractivity contribution >= 4 is 39.6 Å². The van der Waals surface area contributed by atoms with Crippen molar-refractivity contribution in [3.05, 3.63) is 97.1 Å². The molecule has 0 aromatic heterocycles. The number of allylic oxidation sites excluding steroid dienone is 1. The SMILES string of the molecule is C=CCCC(=O)N[C@H](C)[C@@H](OC(=O)[C@@H]1[C@H]2O[C@@]3(CC2Br)[C@H](C(=O)N(CC=C)C2CCCCC2)N([C@H](CO)c2ccccc2)C(=O)[C@@H]13)c1ccccc1. The summed E-state index contributed by atoms with van der Waals surface area (Å²) in [4.78, 5) is 60.5. The summed E-state index contributed by atoms with van der Waals surface area (Å²) in [6.45, 7) is 9.31. The number of esters is 1. The molecule has 4 fully saturated rings. The molecule has 278 valence electrons. The molecule has 2 N–H and O–H groups in total. The number of fused-ring (bicyclic) bond motifs is 1. The third-order valence-corrected chi connectivity index (χ3v) is 12.2. The lowest BCUT2D eigenvalue weighted by atomic mass is 9.70. The van der Waals surface area contributed by atoms with Gasteiger partial charge in [0.25, 0.3) is 0 Å². The average molecular weight is 777 g/mol. The highest BCUT2D eigenvalue weighted by molar-refractivity contribution is 9.09. The Morgan fingerprint density at radius 2 is 1.71 bits per heavy atom. The quantitative estimate of drug-likeness (QED) is 0.138. The lowest BCUT2D eigenvalue weighted by molar-refractivity contribution is -0.162. The van der Waals surface area contributed by atoms with Crippen molar-refractivity contribution < 1.29 is 33.8 Å². The molecular weight excluding hydrogens is 726 g/mol. The van der Waals surface area contributed by atoms with E-state index in [-0.39, 0.29) is 29.1 Å². The van der Waals surface area contributed by atoms with E-state index >= 15 is 9.59 Å². The van der Waals surface area contributed by atoms with Gasteiger partial charge in [0.1, 0.15) is 17.7 Å². The monoisotopic (exact) mass is 775 g/mol. The Morgan fingerprint density at radius 1 is 1.06 bits per heavy atom. The lowest BCUT2D eigenvalue weighted by Crippen LogP contribution is -2.59. The minimum atomic E-state index is -1.35. The Morgan fingerprint density at radius 3 is 2.33 bits per heavy atom. The second-order valence-electron chi connectivity index (χ2n) is 14.5. The summed E-state index contributed by atoms with van der Waals surface area (Å²) in [7, 11) is 0. The number of likely N-dealkylation sites (tertiary alicyclic amines) is 1. The largest absolute Gasteiger partial charge is 0.455 e. The van der Waals surface area contributed by atoms with Gasteiger partial charge in [0.2, 0.25) is 17.7 Å². The number of aliphatic hydroxyl groups excluding tert-OH is 1. The fourth-order valence-corrected chi connectivity index (χ4v) is 9.97. The smallest absolute Gasteiger partial charge is 0.313 e. The number of rotatable bonds is 15. The molecule has 6 rings (SSSR count). The number of aliphatic hydroxyl groups is 1. The van der Waals surface area contributed by atoms with Crippen LogP contribution < -0.4 is 5.32 Å². The summed E-state index contributed by atoms with van der Waals surface area (Å²) in [5, 5.41) is 13.9. The molecule has 1 aliphatic carbocycles. The first-order valence-corrected chi connectivity index (χ1v) is 19.4. The van der Waals surface area contributed by atoms with E-state index in [1.165, 1.54) is 4.90 Å². The molecule has 52 heavy (non-hydrogen) atoms. The van der Waals surface area contributed by atoms with Crippen LogP contribution in [0.2, 0.25) is 0 Å². The van der Waals surface area contributed by atoms with Crippen LogP contribution in [0.5, 0.6) is 0 Å². The molecule has 2 bridgehead atoms. The van der Waals surface area contributed by atoms with Crippen molar-refractivity contribution in [3.63, 3.8) is 0 Å². The highest BCUT2D eigenvalue weighted by Crippen LogP contribution is 2.61. The van der Waals surface area contributed by atoms with E-state index in [9.17, 15) is 14.7 Å². The number of carbonyl (C=O) groups is 4. The number of alkyl halides is 1. The van der Waals surface area contributed by atoms with E-state index < -0.39 is 66.3 Å². The van der Waals surface area contributed by atoms with Crippen LogP contribution in [0.25, 0.3) is 0 Å². The number of nitrogens with one attached hydrogen (secondary N) is 1. The van der Waals surface area contributed by atoms with Crippen LogP contribution in [0, 0.1) is 11.8 Å². The summed E-state index contributed by atoms with van der Waals surface area (Å²) >= 11 is 3.77. The highest BCUT2D eigenvalue weighted by Gasteiger charge is 2.78. The topological polar surface area (TPSA) is 125 Å². The van der Waals surface area contributed by atoms with Crippen LogP contribution in [0.15, 0.2) is 86.0 Å². The number of hydrogen-bond donors (Lipinski definition) is 2. The van der Waals surface area contributed by atoms with E-state index in [4.69, 9.17) is 9.47 Å². The fraction of sp³-hybridized carbons (Fsp3) is 0.512. The summed E-state index contributed by atoms with van der Waals surface area (Å²) < 4.78 is 13.1. The predicted molar refractivity (Wildman–Crippen MR) is 200 cm³/mol. The van der Waals surface area contributed by atoms with E-state index in [1.54, 1.807) is 19.1 Å². The average Bonchev–Trinajstić information content (AvgIpc) is 3.76. The van der Waals surface area contributed by atoms with Crippen LogP contribution in [-0.2, 0) is 28.7 Å². The summed E-state index contributed by atoms with van der Waals surface area (Å²) in [6.07, 6.45) is 7.67. The third kappa shape index (κ3) is 7.11. The molecule has 3 heterocycles. The normalized spacial score (nSPS) is 28.4. The van der Waals surface area contributed by atoms with Crippen molar-refractivity contribution in [2.45, 2.75) is 105 Å². The van der Waals surface area contributed by atoms with Crippen molar-refractivity contribution in [2.24, 2.45) is 11.8 Å². The number of nitrogens with zero attached hydrogens (tertiary/aromatic N) is 2. The van der Waals surface area contributed by atoms with Gasteiger partial charge in [-0.05, 0) is 43.7 Å². The van der Waals surface area contributed by atoms with Gasteiger partial charge in [-0.3, -0.25) is 19.2 Å². The third-order valence-electron chi connectivity index (χ3n) is 11.3. The zero-order valence-corrected chi connectivity index (χ0v) is 31.4. The zero-order chi connectivity index (χ0) is 37.0. The standard InChI is InChI=1S/C41H50BrN3O7/c1-4-6-22-32(47)43-26(3)35(28-18-12-8-13-19-28)51-40(50)33-34-38(48)45(31(25-46)27-16-10-7-11-17-27)37(41(34)24-30(42)36(33)52-41)39(49)44(23-5-2)29-20-14-9-15-21-29/h4-5,7-8,10-13,16-19,26,29-31,33-37,46H,1-2,6,9,14-15,20-25H2,3H3,(H,43,47)/t26-,30?,31-,33+,34-,35-,36+,37+,41-/m1/s1. The van der Waals surface area contributed by atoms with Crippen molar-refractivity contribution in [3.8, 4) is 0 Å². The Labute approximate surface area is 314 Å². The molecule has 1 unspecified atom stereocenters. The molecule has 3 aliphatic heterocycles. The maximum Gasteiger partial charge on any atom is 0.313 e. The van der Waals surface area contributed by atoms with E-state index in [1.807, 2.05) is 65.6 Å². The van der Waals surface area contributed by atoms with Gasteiger partial charge in [-0.25, -0.2) is 0 Å². The minimum Gasteiger partial charge on any atom is -0.455 e. The molecule has 3 saturated heterocycles. The molecule has 2 aromatic carbocycles. The number of benzene rings is 2. The molecule has 4 aliphatic rings. The predicted octanol–water partition coefficient (Wildman–Crippen LogP) is 5.57. The Balaban J connectivity index is 1.39. The molecule has 10 nitrogen and oxygen atoms in total. The first-order valence-electron chi connectivity index (χ1n) is 18.5. The van der Waals surface area contributed by atoms with Gasteiger partial charge in [0.15, 0.2) is 0 Å². The van der Waals surface area contributed by atoms with Gasteiger partial charge in [-0.1, -0.05) is 108 Å². The fourth-order valence-electron chi connectivity index (χ4n) is 9.03.